The number of thiazole rings is 1. The van der Waals surface area contributed by atoms with Crippen LogP contribution < -0.4 is 9.64 Å². The maximum Gasteiger partial charge on any atom is 0.260 e. The van der Waals surface area contributed by atoms with Gasteiger partial charge in [0.1, 0.15) is 5.75 Å². The molecule has 0 saturated carbocycles. The number of hydrogen-bond acceptors (Lipinski definition) is 7. The van der Waals surface area contributed by atoms with Gasteiger partial charge < -0.3 is 4.74 Å². The monoisotopic (exact) mass is 467 g/mol. The highest BCUT2D eigenvalue weighted by molar-refractivity contribution is 7.91. The summed E-state index contributed by atoms with van der Waals surface area (Å²) in [6.45, 7) is 1.77. The lowest BCUT2D eigenvalue weighted by Crippen LogP contribution is -2.30. The Bertz CT molecular complexity index is 1370. The van der Waals surface area contributed by atoms with Crippen LogP contribution in [-0.2, 0) is 16.4 Å². The molecule has 0 aliphatic heterocycles. The van der Waals surface area contributed by atoms with Gasteiger partial charge in [-0.3, -0.25) is 14.7 Å². The zero-order valence-corrected chi connectivity index (χ0v) is 19.2. The first kappa shape index (κ1) is 21.9. The molecule has 0 atom stereocenters. The zero-order chi connectivity index (χ0) is 22.7. The molecule has 0 saturated heterocycles. The number of aromatic nitrogens is 2. The van der Waals surface area contributed by atoms with Crippen LogP contribution in [0.15, 0.2) is 71.8 Å². The van der Waals surface area contributed by atoms with Crippen LogP contribution in [0.2, 0.25) is 0 Å². The van der Waals surface area contributed by atoms with Crippen LogP contribution in [0.3, 0.4) is 0 Å². The van der Waals surface area contributed by atoms with Gasteiger partial charge in [-0.2, -0.15) is 0 Å². The van der Waals surface area contributed by atoms with Gasteiger partial charge in [0.15, 0.2) is 15.0 Å². The number of anilines is 1. The Hall–Kier alpha value is -3.30. The molecule has 0 bridgehead atoms. The van der Waals surface area contributed by atoms with Gasteiger partial charge in [-0.25, -0.2) is 13.4 Å². The number of carbonyl (C=O) groups is 1. The second-order valence-corrected chi connectivity index (χ2v) is 10.3. The molecule has 32 heavy (non-hydrogen) atoms. The molecule has 4 rings (SSSR count). The molecule has 0 spiro atoms. The molecule has 0 unspecified atom stereocenters. The van der Waals surface area contributed by atoms with Crippen molar-refractivity contribution in [1.82, 2.24) is 9.97 Å². The number of amides is 1. The van der Waals surface area contributed by atoms with Gasteiger partial charge in [0.05, 0.1) is 40.2 Å². The smallest absolute Gasteiger partial charge is 0.260 e. The van der Waals surface area contributed by atoms with Crippen molar-refractivity contribution in [1.29, 1.82) is 0 Å². The molecule has 4 aromatic rings. The Balaban J connectivity index is 1.78. The zero-order valence-electron chi connectivity index (χ0n) is 17.6. The Morgan fingerprint density at radius 3 is 2.66 bits per heavy atom. The summed E-state index contributed by atoms with van der Waals surface area (Å²) in [7, 11) is -1.85. The van der Waals surface area contributed by atoms with Gasteiger partial charge in [-0.05, 0) is 48.5 Å². The van der Waals surface area contributed by atoms with Crippen LogP contribution >= 0.6 is 11.3 Å². The Morgan fingerprint density at radius 2 is 1.94 bits per heavy atom. The van der Waals surface area contributed by atoms with Crippen molar-refractivity contribution >= 4 is 42.4 Å². The fourth-order valence-electron chi connectivity index (χ4n) is 3.16. The Labute approximate surface area is 190 Å². The molecular weight excluding hydrogens is 446 g/mol. The average Bonchev–Trinajstić information content (AvgIpc) is 3.25. The quantitative estimate of drug-likeness (QED) is 0.402. The third-order valence-corrected chi connectivity index (χ3v) is 7.70. The Kier molecular flexibility index (Phi) is 6.20. The van der Waals surface area contributed by atoms with Gasteiger partial charge >= 0.3 is 0 Å². The number of hydrogen-bond donors (Lipinski definition) is 0. The lowest BCUT2D eigenvalue weighted by molar-refractivity contribution is 0.0984. The topological polar surface area (TPSA) is 89.5 Å². The van der Waals surface area contributed by atoms with Crippen LogP contribution in [0.5, 0.6) is 5.75 Å². The van der Waals surface area contributed by atoms with E-state index >= 15 is 0 Å². The lowest BCUT2D eigenvalue weighted by atomic mass is 10.2. The summed E-state index contributed by atoms with van der Waals surface area (Å²) >= 11 is 1.36. The number of benzene rings is 2. The summed E-state index contributed by atoms with van der Waals surface area (Å²) in [5.74, 6) is 0.310. The number of fused-ring (bicyclic) bond motifs is 1. The van der Waals surface area contributed by atoms with Gasteiger partial charge in [0.2, 0.25) is 0 Å². The fourth-order valence-corrected chi connectivity index (χ4v) is 5.08. The third-order valence-electron chi connectivity index (χ3n) is 4.93. The first-order valence-electron chi connectivity index (χ1n) is 9.90. The van der Waals surface area contributed by atoms with Gasteiger partial charge in [0.25, 0.3) is 5.91 Å². The molecule has 7 nitrogen and oxygen atoms in total. The lowest BCUT2D eigenvalue weighted by Gasteiger charge is -2.20. The summed E-state index contributed by atoms with van der Waals surface area (Å²) < 4.78 is 30.8. The molecule has 9 heteroatoms. The predicted octanol–water partition coefficient (Wildman–Crippen LogP) is 4.34. The molecule has 1 amide bonds. The summed E-state index contributed by atoms with van der Waals surface area (Å²) in [6, 6.07) is 17.1. The highest BCUT2D eigenvalue weighted by Gasteiger charge is 2.24. The van der Waals surface area contributed by atoms with E-state index in [2.05, 4.69) is 9.97 Å². The molecule has 2 aromatic carbocycles. The van der Waals surface area contributed by atoms with Crippen molar-refractivity contribution < 1.29 is 17.9 Å². The van der Waals surface area contributed by atoms with E-state index < -0.39 is 9.84 Å². The van der Waals surface area contributed by atoms with E-state index in [0.717, 1.165) is 10.2 Å². The van der Waals surface area contributed by atoms with Crippen LogP contribution in [0, 0.1) is 0 Å². The molecule has 164 valence electrons. The van der Waals surface area contributed by atoms with E-state index in [4.69, 9.17) is 4.74 Å². The SMILES string of the molecule is CCS(=O)(=O)c1cccc(C(=O)N(Cc2ccccn2)c2nc3ccc(OC)cc3s2)c1. The highest BCUT2D eigenvalue weighted by atomic mass is 32.2. The molecule has 0 fully saturated rings. The molecule has 0 N–H and O–H groups in total. The summed E-state index contributed by atoms with van der Waals surface area (Å²) in [5, 5.41) is 0.493. The minimum Gasteiger partial charge on any atom is -0.497 e. The second-order valence-electron chi connectivity index (χ2n) is 6.97. The van der Waals surface area contributed by atoms with Crippen LogP contribution in [0.25, 0.3) is 10.2 Å². The van der Waals surface area contributed by atoms with Crippen molar-refractivity contribution in [3.05, 3.63) is 78.1 Å². The fraction of sp³-hybridized carbons (Fsp3) is 0.174. The number of sulfone groups is 1. The van der Waals surface area contributed by atoms with E-state index in [0.29, 0.717) is 16.6 Å². The maximum atomic E-state index is 13.6. The first-order chi connectivity index (χ1) is 15.4. The van der Waals surface area contributed by atoms with Gasteiger partial charge in [-0.15, -0.1) is 0 Å². The van der Waals surface area contributed by atoms with E-state index in [1.807, 2.05) is 30.3 Å². The van der Waals surface area contributed by atoms with Crippen molar-refractivity contribution in [2.75, 3.05) is 17.8 Å². The van der Waals surface area contributed by atoms with Crippen molar-refractivity contribution in [2.24, 2.45) is 0 Å². The number of pyridine rings is 1. The largest absolute Gasteiger partial charge is 0.497 e. The minimum absolute atomic E-state index is 0.0397. The molecule has 0 aliphatic rings. The van der Waals surface area contributed by atoms with E-state index in [-0.39, 0.29) is 28.7 Å². The first-order valence-corrected chi connectivity index (χ1v) is 12.4. The van der Waals surface area contributed by atoms with Gasteiger partial charge in [-0.1, -0.05) is 30.4 Å². The number of rotatable bonds is 7. The van der Waals surface area contributed by atoms with Crippen molar-refractivity contribution in [3.63, 3.8) is 0 Å². The van der Waals surface area contributed by atoms with Crippen LogP contribution in [0.1, 0.15) is 23.0 Å². The molecule has 0 radical (unpaired) electrons. The third kappa shape index (κ3) is 4.49. The summed E-state index contributed by atoms with van der Waals surface area (Å²) in [6.07, 6.45) is 1.66. The van der Waals surface area contributed by atoms with E-state index in [1.165, 1.54) is 28.4 Å². The van der Waals surface area contributed by atoms with Crippen molar-refractivity contribution in [2.45, 2.75) is 18.4 Å². The van der Waals surface area contributed by atoms with Crippen LogP contribution in [-0.4, -0.2) is 37.2 Å². The summed E-state index contributed by atoms with van der Waals surface area (Å²) in [5.41, 5.74) is 1.70. The Morgan fingerprint density at radius 1 is 1.09 bits per heavy atom. The van der Waals surface area contributed by atoms with Crippen molar-refractivity contribution in [3.8, 4) is 5.75 Å². The average molecular weight is 468 g/mol. The second kappa shape index (κ2) is 9.05. The molecule has 2 heterocycles. The molecular formula is C23H21N3O4S2. The van der Waals surface area contributed by atoms with Crippen LogP contribution in [0.4, 0.5) is 5.13 Å². The highest BCUT2D eigenvalue weighted by Crippen LogP contribution is 2.33. The number of methoxy groups -OCH3 is 1. The van der Waals surface area contributed by atoms with E-state index in [9.17, 15) is 13.2 Å². The summed E-state index contributed by atoms with van der Waals surface area (Å²) in [4.78, 5) is 24.2. The molecule has 0 aliphatic carbocycles. The number of carbonyl (C=O) groups excluding carboxylic acids is 1. The normalized spacial score (nSPS) is 11.4. The standard InChI is InChI=1S/C23H21N3O4S2/c1-3-32(28,29)19-9-6-7-16(13-19)22(27)26(15-17-8-4-5-12-24-17)23-25-20-11-10-18(30-2)14-21(20)31-23/h4-14H,3,15H2,1-2H3. The van der Waals surface area contributed by atoms with E-state index in [1.54, 1.807) is 38.4 Å². The van der Waals surface area contributed by atoms with Gasteiger partial charge in [0, 0.05) is 11.8 Å². The molecule has 2 aromatic heterocycles. The number of nitrogens with zero attached hydrogens (tertiary/aromatic N) is 3. The maximum absolute atomic E-state index is 13.6. The minimum atomic E-state index is -3.44. The number of ether oxygens (including phenoxy) is 1. The predicted molar refractivity (Wildman–Crippen MR) is 125 cm³/mol.